The van der Waals surface area contributed by atoms with Crippen molar-refractivity contribution in [3.8, 4) is 5.75 Å². The normalized spacial score (nSPS) is 12.8. The van der Waals surface area contributed by atoms with Gasteiger partial charge < -0.3 is 15.2 Å². The van der Waals surface area contributed by atoms with Gasteiger partial charge in [-0.25, -0.2) is 0 Å². The third-order valence-corrected chi connectivity index (χ3v) is 2.52. The molecule has 0 aromatic heterocycles. The van der Waals surface area contributed by atoms with Gasteiger partial charge in [0, 0.05) is 12.6 Å². The van der Waals surface area contributed by atoms with Crippen LogP contribution in [0.15, 0.2) is 24.3 Å². The first-order valence-corrected chi connectivity index (χ1v) is 6.24. The molecule has 0 radical (unpaired) electrons. The maximum absolute atomic E-state index is 8.73. The van der Waals surface area contributed by atoms with Crippen molar-refractivity contribution < 1.29 is 9.84 Å². The van der Waals surface area contributed by atoms with Gasteiger partial charge in [-0.3, -0.25) is 0 Å². The average molecular weight is 237 g/mol. The Labute approximate surface area is 104 Å². The number of ether oxygens (including phenoxy) is 1. The molecule has 0 spiro atoms. The third-order valence-electron chi connectivity index (χ3n) is 2.52. The van der Waals surface area contributed by atoms with Gasteiger partial charge in [0.05, 0.1) is 6.10 Å². The van der Waals surface area contributed by atoms with Gasteiger partial charge >= 0.3 is 0 Å². The van der Waals surface area contributed by atoms with Crippen molar-refractivity contribution in [2.45, 2.75) is 39.3 Å². The van der Waals surface area contributed by atoms with Gasteiger partial charge in [0.2, 0.25) is 0 Å². The summed E-state index contributed by atoms with van der Waals surface area (Å²) >= 11 is 0. The fourth-order valence-corrected chi connectivity index (χ4v) is 1.64. The van der Waals surface area contributed by atoms with Crippen LogP contribution >= 0.6 is 0 Å². The molecule has 1 aromatic carbocycles. The Morgan fingerprint density at radius 2 is 2.06 bits per heavy atom. The highest BCUT2D eigenvalue weighted by molar-refractivity contribution is 5.30. The Morgan fingerprint density at radius 1 is 1.29 bits per heavy atom. The van der Waals surface area contributed by atoms with Gasteiger partial charge in [0.15, 0.2) is 0 Å². The maximum Gasteiger partial charge on any atom is 0.120 e. The zero-order chi connectivity index (χ0) is 12.7. The second-order valence-electron chi connectivity index (χ2n) is 4.49. The van der Waals surface area contributed by atoms with Crippen LogP contribution in [-0.2, 0) is 0 Å². The number of aliphatic hydroxyl groups is 1. The lowest BCUT2D eigenvalue weighted by molar-refractivity contribution is 0.242. The zero-order valence-corrected chi connectivity index (χ0v) is 10.9. The average Bonchev–Trinajstić information content (AvgIpc) is 2.28. The first kappa shape index (κ1) is 14.0. The molecule has 0 heterocycles. The van der Waals surface area contributed by atoms with Crippen molar-refractivity contribution >= 4 is 0 Å². The lowest BCUT2D eigenvalue weighted by atomic mass is 10.1. The summed E-state index contributed by atoms with van der Waals surface area (Å²) in [6.07, 6.45) is 0.981. The summed E-state index contributed by atoms with van der Waals surface area (Å²) in [5.74, 6) is 0.910. The van der Waals surface area contributed by atoms with E-state index in [9.17, 15) is 0 Å². The molecule has 1 rings (SSSR count). The van der Waals surface area contributed by atoms with E-state index < -0.39 is 0 Å². The molecule has 17 heavy (non-hydrogen) atoms. The molecule has 96 valence electrons. The first-order valence-electron chi connectivity index (χ1n) is 6.24. The predicted molar refractivity (Wildman–Crippen MR) is 70.3 cm³/mol. The lowest BCUT2D eigenvalue weighted by Crippen LogP contribution is -2.20. The SMILES string of the molecule is CC(C)Oc1cccc(C(C)NCCCO)c1. The van der Waals surface area contributed by atoms with Crippen molar-refractivity contribution in [3.63, 3.8) is 0 Å². The first-order chi connectivity index (χ1) is 8.13. The molecule has 3 heteroatoms. The highest BCUT2D eigenvalue weighted by Crippen LogP contribution is 2.19. The van der Waals surface area contributed by atoms with Crippen molar-refractivity contribution in [2.75, 3.05) is 13.2 Å². The van der Waals surface area contributed by atoms with Gasteiger partial charge in [-0.1, -0.05) is 12.1 Å². The molecular weight excluding hydrogens is 214 g/mol. The maximum atomic E-state index is 8.73. The summed E-state index contributed by atoms with van der Waals surface area (Å²) in [5, 5.41) is 12.1. The molecule has 3 nitrogen and oxygen atoms in total. The molecule has 0 bridgehead atoms. The van der Waals surface area contributed by atoms with E-state index in [1.165, 1.54) is 5.56 Å². The van der Waals surface area contributed by atoms with Gasteiger partial charge in [-0.15, -0.1) is 0 Å². The standard InChI is InChI=1S/C14H23NO2/c1-11(2)17-14-7-4-6-13(10-14)12(3)15-8-5-9-16/h4,6-7,10-12,15-16H,5,8-9H2,1-3H3. The van der Waals surface area contributed by atoms with Crippen LogP contribution in [0, 0.1) is 0 Å². The Balaban J connectivity index is 2.57. The van der Waals surface area contributed by atoms with Crippen LogP contribution in [0.4, 0.5) is 0 Å². The molecule has 0 amide bonds. The predicted octanol–water partition coefficient (Wildman–Crippen LogP) is 2.51. The second-order valence-corrected chi connectivity index (χ2v) is 4.49. The Hall–Kier alpha value is -1.06. The fourth-order valence-electron chi connectivity index (χ4n) is 1.64. The van der Waals surface area contributed by atoms with Crippen molar-refractivity contribution in [1.29, 1.82) is 0 Å². The minimum atomic E-state index is 0.197. The number of aliphatic hydroxyl groups excluding tert-OH is 1. The summed E-state index contributed by atoms with van der Waals surface area (Å²) in [7, 11) is 0. The topological polar surface area (TPSA) is 41.5 Å². The molecule has 2 N–H and O–H groups in total. The molecule has 1 atom stereocenters. The summed E-state index contributed by atoms with van der Waals surface area (Å²) < 4.78 is 5.66. The lowest BCUT2D eigenvalue weighted by Gasteiger charge is -2.16. The van der Waals surface area contributed by atoms with Gasteiger partial charge in [0.25, 0.3) is 0 Å². The minimum absolute atomic E-state index is 0.197. The number of rotatable bonds is 7. The fraction of sp³-hybridized carbons (Fsp3) is 0.571. The molecule has 0 aliphatic rings. The van der Waals surface area contributed by atoms with Crippen LogP contribution in [0.3, 0.4) is 0 Å². The van der Waals surface area contributed by atoms with E-state index in [1.807, 2.05) is 26.0 Å². The minimum Gasteiger partial charge on any atom is -0.491 e. The second kappa shape index (κ2) is 7.30. The van der Waals surface area contributed by atoms with Crippen LogP contribution in [-0.4, -0.2) is 24.4 Å². The van der Waals surface area contributed by atoms with Crippen molar-refractivity contribution in [3.05, 3.63) is 29.8 Å². The van der Waals surface area contributed by atoms with Gasteiger partial charge in [-0.2, -0.15) is 0 Å². The number of nitrogens with one attached hydrogen (secondary N) is 1. The quantitative estimate of drug-likeness (QED) is 0.716. The molecule has 0 saturated carbocycles. The summed E-state index contributed by atoms with van der Waals surface area (Å²) in [6, 6.07) is 8.42. The highest BCUT2D eigenvalue weighted by Gasteiger charge is 2.06. The Morgan fingerprint density at radius 3 is 2.71 bits per heavy atom. The molecular formula is C14H23NO2. The van der Waals surface area contributed by atoms with E-state index in [-0.39, 0.29) is 18.8 Å². The Kier molecular flexibility index (Phi) is 6.01. The van der Waals surface area contributed by atoms with Gasteiger partial charge in [0.1, 0.15) is 5.75 Å². The van der Waals surface area contributed by atoms with Gasteiger partial charge in [-0.05, 0) is 51.4 Å². The van der Waals surface area contributed by atoms with Crippen LogP contribution < -0.4 is 10.1 Å². The monoisotopic (exact) mass is 237 g/mol. The Bertz CT molecular complexity index is 326. The summed E-state index contributed by atoms with van der Waals surface area (Å²) in [4.78, 5) is 0. The molecule has 0 saturated heterocycles. The molecule has 0 aliphatic heterocycles. The largest absolute Gasteiger partial charge is 0.491 e. The van der Waals surface area contributed by atoms with E-state index in [1.54, 1.807) is 0 Å². The van der Waals surface area contributed by atoms with E-state index in [2.05, 4.69) is 24.4 Å². The smallest absolute Gasteiger partial charge is 0.120 e. The molecule has 0 aliphatic carbocycles. The zero-order valence-electron chi connectivity index (χ0n) is 10.9. The van der Waals surface area contributed by atoms with Crippen molar-refractivity contribution in [1.82, 2.24) is 5.32 Å². The number of hydrogen-bond acceptors (Lipinski definition) is 3. The van der Waals surface area contributed by atoms with E-state index >= 15 is 0 Å². The summed E-state index contributed by atoms with van der Waals surface area (Å²) in [6.45, 7) is 7.22. The van der Waals surface area contributed by atoms with Crippen molar-refractivity contribution in [2.24, 2.45) is 0 Å². The molecule has 1 aromatic rings. The van der Waals surface area contributed by atoms with Crippen LogP contribution in [0.1, 0.15) is 38.8 Å². The van der Waals surface area contributed by atoms with Crippen LogP contribution in [0.2, 0.25) is 0 Å². The van der Waals surface area contributed by atoms with E-state index in [4.69, 9.17) is 9.84 Å². The third kappa shape index (κ3) is 5.20. The number of hydrogen-bond donors (Lipinski definition) is 2. The number of benzene rings is 1. The van der Waals surface area contributed by atoms with Crippen LogP contribution in [0.25, 0.3) is 0 Å². The van der Waals surface area contributed by atoms with E-state index in [0.29, 0.717) is 0 Å². The van der Waals surface area contributed by atoms with E-state index in [0.717, 1.165) is 18.7 Å². The molecule has 0 fully saturated rings. The summed E-state index contributed by atoms with van der Waals surface area (Å²) in [5.41, 5.74) is 1.21. The molecule has 1 unspecified atom stereocenters. The van der Waals surface area contributed by atoms with Crippen LogP contribution in [0.5, 0.6) is 5.75 Å². The highest BCUT2D eigenvalue weighted by atomic mass is 16.5.